The molecule has 0 saturated carbocycles. The van der Waals surface area contributed by atoms with Crippen LogP contribution in [0.25, 0.3) is 11.0 Å². The molecule has 7 heteroatoms. The van der Waals surface area contributed by atoms with Crippen molar-refractivity contribution in [1.82, 2.24) is 14.5 Å². The summed E-state index contributed by atoms with van der Waals surface area (Å²) < 4.78 is 3.06. The second-order valence-electron chi connectivity index (χ2n) is 5.01. The lowest BCUT2D eigenvalue weighted by atomic mass is 10.1. The van der Waals surface area contributed by atoms with Gasteiger partial charge in [-0.25, -0.2) is 4.79 Å². The van der Waals surface area contributed by atoms with Crippen molar-refractivity contribution in [2.24, 2.45) is 7.05 Å². The molecule has 0 bridgehead atoms. The molecule has 1 fully saturated rings. The summed E-state index contributed by atoms with van der Waals surface area (Å²) in [7, 11) is 1.70. The number of fused-ring (bicyclic) bond motifs is 1. The highest BCUT2D eigenvalue weighted by Crippen LogP contribution is 2.28. The summed E-state index contributed by atoms with van der Waals surface area (Å²) in [5.41, 5.74) is 1.31. The number of rotatable bonds is 2. The first kappa shape index (κ1) is 13.9. The quantitative estimate of drug-likeness (QED) is 0.664. The molecule has 1 N–H and O–H groups in total. The second kappa shape index (κ2) is 5.07. The smallest absolute Gasteiger partial charge is 0.295 e. The van der Waals surface area contributed by atoms with Crippen LogP contribution in [0.4, 0.5) is 0 Å². The predicted octanol–water partition coefficient (Wildman–Crippen LogP) is 1.04. The van der Waals surface area contributed by atoms with Crippen LogP contribution in [0.15, 0.2) is 27.9 Å². The third kappa shape index (κ3) is 2.08. The number of hydrogen-bond acceptors (Lipinski definition) is 4. The molecule has 2 amide bonds. The number of thioether (sulfide) groups is 1. The first-order valence-corrected chi connectivity index (χ1v) is 7.84. The van der Waals surface area contributed by atoms with E-state index in [0.29, 0.717) is 6.42 Å². The van der Waals surface area contributed by atoms with Gasteiger partial charge in [-0.3, -0.25) is 24.0 Å². The van der Waals surface area contributed by atoms with Gasteiger partial charge in [-0.05, 0) is 24.8 Å². The van der Waals surface area contributed by atoms with Crippen LogP contribution in [-0.4, -0.2) is 27.2 Å². The van der Waals surface area contributed by atoms with Crippen molar-refractivity contribution in [1.29, 1.82) is 0 Å². The number of carbonyl (C=O) groups is 2. The van der Waals surface area contributed by atoms with E-state index in [1.807, 2.05) is 24.5 Å². The molecule has 110 valence electrons. The molecule has 21 heavy (non-hydrogen) atoms. The van der Waals surface area contributed by atoms with Gasteiger partial charge in [-0.15, -0.1) is 11.8 Å². The number of nitrogens with zero attached hydrogens (tertiary/aromatic N) is 2. The number of benzene rings is 1. The number of carbonyl (C=O) groups excluding carboxylic acids is 2. The average molecular weight is 305 g/mol. The lowest BCUT2D eigenvalue weighted by molar-refractivity contribution is -0.135. The number of amides is 2. The summed E-state index contributed by atoms with van der Waals surface area (Å²) in [6.45, 7) is 0. The molecule has 1 aromatic carbocycles. The lowest BCUT2D eigenvalue weighted by Crippen LogP contribution is -2.44. The molecule has 1 aliphatic heterocycles. The Morgan fingerprint density at radius 3 is 2.71 bits per heavy atom. The van der Waals surface area contributed by atoms with Crippen LogP contribution >= 0.6 is 11.8 Å². The molecule has 2 aromatic rings. The van der Waals surface area contributed by atoms with E-state index in [4.69, 9.17) is 0 Å². The zero-order valence-electron chi connectivity index (χ0n) is 11.8. The molecule has 1 unspecified atom stereocenters. The van der Waals surface area contributed by atoms with Crippen molar-refractivity contribution in [3.63, 3.8) is 0 Å². The minimum absolute atomic E-state index is 0.235. The van der Waals surface area contributed by atoms with Gasteiger partial charge in [0, 0.05) is 18.4 Å². The normalized spacial score (nSPS) is 19.0. The van der Waals surface area contributed by atoms with E-state index < -0.39 is 11.9 Å². The summed E-state index contributed by atoms with van der Waals surface area (Å²) in [6, 6.07) is 5.02. The van der Waals surface area contributed by atoms with Crippen molar-refractivity contribution in [2.75, 3.05) is 6.26 Å². The number of aromatic nitrogens is 2. The maximum atomic E-state index is 12.5. The fraction of sp³-hybridized carbons (Fsp3) is 0.357. The van der Waals surface area contributed by atoms with Crippen molar-refractivity contribution < 1.29 is 9.59 Å². The topological polar surface area (TPSA) is 73.1 Å². The van der Waals surface area contributed by atoms with Gasteiger partial charge in [-0.2, -0.15) is 0 Å². The molecule has 1 aliphatic rings. The third-order valence-corrected chi connectivity index (χ3v) is 4.58. The standard InChI is InChI=1S/C14H15N3O3S/c1-16-12-8(4-3-5-10(12)21-2)17(14(16)20)9-6-7-11(18)15-13(9)19/h3-5,9H,6-7H2,1-2H3,(H,15,18,19). The Morgan fingerprint density at radius 2 is 2.05 bits per heavy atom. The van der Waals surface area contributed by atoms with Gasteiger partial charge in [0.05, 0.1) is 11.0 Å². The second-order valence-corrected chi connectivity index (χ2v) is 5.85. The number of aryl methyl sites for hydroxylation is 1. The highest BCUT2D eigenvalue weighted by Gasteiger charge is 2.31. The minimum atomic E-state index is -0.629. The van der Waals surface area contributed by atoms with E-state index >= 15 is 0 Å². The molecular formula is C14H15N3O3S. The Kier molecular flexibility index (Phi) is 3.36. The van der Waals surface area contributed by atoms with Gasteiger partial charge < -0.3 is 0 Å². The van der Waals surface area contributed by atoms with E-state index in [9.17, 15) is 14.4 Å². The number of hydrogen-bond donors (Lipinski definition) is 1. The molecule has 6 nitrogen and oxygen atoms in total. The summed E-state index contributed by atoms with van der Waals surface area (Å²) >= 11 is 1.55. The molecule has 0 spiro atoms. The summed E-state index contributed by atoms with van der Waals surface area (Å²) in [4.78, 5) is 36.9. The molecule has 1 saturated heterocycles. The summed E-state index contributed by atoms with van der Waals surface area (Å²) in [6.07, 6.45) is 2.55. The maximum absolute atomic E-state index is 12.5. The summed E-state index contributed by atoms with van der Waals surface area (Å²) in [5, 5.41) is 2.31. The Morgan fingerprint density at radius 1 is 1.29 bits per heavy atom. The van der Waals surface area contributed by atoms with Crippen molar-refractivity contribution in [3.05, 3.63) is 28.7 Å². The van der Waals surface area contributed by atoms with Gasteiger partial charge in [-0.1, -0.05) is 6.07 Å². The maximum Gasteiger partial charge on any atom is 0.329 e. The van der Waals surface area contributed by atoms with Gasteiger partial charge in [0.15, 0.2) is 0 Å². The number of para-hydroxylation sites is 1. The van der Waals surface area contributed by atoms with Crippen molar-refractivity contribution in [2.45, 2.75) is 23.8 Å². The van der Waals surface area contributed by atoms with Crippen LogP contribution in [0.1, 0.15) is 18.9 Å². The molecule has 0 radical (unpaired) electrons. The molecular weight excluding hydrogens is 290 g/mol. The molecule has 1 atom stereocenters. The Labute approximate surface area is 125 Å². The Balaban J connectivity index is 2.24. The SMILES string of the molecule is CSc1cccc2c1n(C)c(=O)n2C1CCC(=O)NC1=O. The van der Waals surface area contributed by atoms with E-state index in [-0.39, 0.29) is 18.0 Å². The zero-order valence-corrected chi connectivity index (χ0v) is 12.6. The number of imide groups is 1. The van der Waals surface area contributed by atoms with Gasteiger partial charge >= 0.3 is 5.69 Å². The monoisotopic (exact) mass is 305 g/mol. The van der Waals surface area contributed by atoms with Gasteiger partial charge in [0.2, 0.25) is 11.8 Å². The van der Waals surface area contributed by atoms with Gasteiger partial charge in [0.25, 0.3) is 0 Å². The molecule has 3 rings (SSSR count). The van der Waals surface area contributed by atoms with Crippen molar-refractivity contribution in [3.8, 4) is 0 Å². The fourth-order valence-electron chi connectivity index (χ4n) is 2.80. The number of nitrogens with one attached hydrogen (secondary N) is 1. The Bertz CT molecular complexity index is 806. The van der Waals surface area contributed by atoms with Crippen LogP contribution in [0.2, 0.25) is 0 Å². The van der Waals surface area contributed by atoms with E-state index in [1.54, 1.807) is 23.4 Å². The van der Waals surface area contributed by atoms with Crippen LogP contribution in [0.3, 0.4) is 0 Å². The number of piperidine rings is 1. The third-order valence-electron chi connectivity index (χ3n) is 3.81. The van der Waals surface area contributed by atoms with Crippen molar-refractivity contribution >= 4 is 34.6 Å². The molecule has 0 aliphatic carbocycles. The largest absolute Gasteiger partial charge is 0.329 e. The fourth-order valence-corrected chi connectivity index (χ4v) is 3.45. The lowest BCUT2D eigenvalue weighted by Gasteiger charge is -2.21. The first-order chi connectivity index (χ1) is 10.0. The first-order valence-electron chi connectivity index (χ1n) is 6.62. The van der Waals surface area contributed by atoms with Crippen LogP contribution < -0.4 is 11.0 Å². The molecule has 2 heterocycles. The highest BCUT2D eigenvalue weighted by atomic mass is 32.2. The zero-order chi connectivity index (χ0) is 15.1. The number of imidazole rings is 1. The van der Waals surface area contributed by atoms with Crippen LogP contribution in [-0.2, 0) is 16.6 Å². The average Bonchev–Trinajstić information content (AvgIpc) is 2.72. The minimum Gasteiger partial charge on any atom is -0.295 e. The van der Waals surface area contributed by atoms with Gasteiger partial charge in [0.1, 0.15) is 6.04 Å². The van der Waals surface area contributed by atoms with Crippen LogP contribution in [0.5, 0.6) is 0 Å². The highest BCUT2D eigenvalue weighted by molar-refractivity contribution is 7.98. The molecule has 1 aromatic heterocycles. The van der Waals surface area contributed by atoms with Crippen LogP contribution in [0, 0.1) is 0 Å². The predicted molar refractivity (Wildman–Crippen MR) is 80.4 cm³/mol. The van der Waals surface area contributed by atoms with E-state index in [0.717, 1.165) is 15.9 Å². The van der Waals surface area contributed by atoms with E-state index in [1.165, 1.54) is 4.57 Å². The Hall–Kier alpha value is -2.02. The summed E-state index contributed by atoms with van der Waals surface area (Å²) in [5.74, 6) is -0.690. The van der Waals surface area contributed by atoms with E-state index in [2.05, 4.69) is 5.32 Å².